The number of aliphatic hydroxyl groups is 10. The number of fused-ring (bicyclic) bond motifs is 7. The van der Waals surface area contributed by atoms with E-state index in [1.54, 1.807) is 6.92 Å². The Labute approximate surface area is 396 Å². The zero-order valence-electron chi connectivity index (χ0n) is 40.0. The van der Waals surface area contributed by atoms with E-state index in [4.69, 9.17) is 28.4 Å². The van der Waals surface area contributed by atoms with Crippen molar-refractivity contribution < 1.29 is 99.3 Å². The molecule has 0 aromatic rings. The van der Waals surface area contributed by atoms with Gasteiger partial charge in [-0.25, -0.2) is 4.79 Å². The fourth-order valence-electron chi connectivity index (χ4n) is 15.2. The van der Waals surface area contributed by atoms with E-state index in [-0.39, 0.29) is 40.4 Å². The quantitative estimate of drug-likeness (QED) is 0.0994. The van der Waals surface area contributed by atoms with Gasteiger partial charge in [-0.3, -0.25) is 4.79 Å². The Balaban J connectivity index is 1.04. The summed E-state index contributed by atoms with van der Waals surface area (Å²) < 4.78 is 34.8. The molecule has 3 aliphatic heterocycles. The van der Waals surface area contributed by atoms with E-state index in [0.717, 1.165) is 19.3 Å². The van der Waals surface area contributed by atoms with Gasteiger partial charge in [0.15, 0.2) is 25.0 Å². The van der Waals surface area contributed by atoms with Gasteiger partial charge in [-0.05, 0) is 104 Å². The number of rotatable bonds is 10. The van der Waals surface area contributed by atoms with Gasteiger partial charge >= 0.3 is 11.9 Å². The highest BCUT2D eigenvalue weighted by atomic mass is 16.8. The average molecular weight is 973 g/mol. The second kappa shape index (κ2) is 18.2. The van der Waals surface area contributed by atoms with Crippen LogP contribution >= 0.6 is 0 Å². The van der Waals surface area contributed by atoms with Crippen molar-refractivity contribution in [1.29, 1.82) is 0 Å². The molecular weight excluding hydrogens is 897 g/mol. The van der Waals surface area contributed by atoms with Crippen LogP contribution in [0.2, 0.25) is 0 Å². The van der Waals surface area contributed by atoms with Gasteiger partial charge in [0.25, 0.3) is 0 Å². The smallest absolute Gasteiger partial charge is 0.335 e. The predicted octanol–water partition coefficient (Wildman–Crippen LogP) is -0.231. The molecule has 3 heterocycles. The van der Waals surface area contributed by atoms with Crippen molar-refractivity contribution in [3.05, 3.63) is 11.6 Å². The molecule has 5 aliphatic carbocycles. The Morgan fingerprint density at radius 1 is 0.676 bits per heavy atom. The van der Waals surface area contributed by atoms with E-state index in [0.29, 0.717) is 32.1 Å². The van der Waals surface area contributed by atoms with E-state index in [1.165, 1.54) is 12.5 Å². The Morgan fingerprint density at radius 3 is 1.88 bits per heavy atom. The Kier molecular flexibility index (Phi) is 14.0. The zero-order valence-corrected chi connectivity index (χ0v) is 40.0. The number of allylic oxidation sites excluding steroid dienone is 2. The third-order valence-electron chi connectivity index (χ3n) is 19.4. The summed E-state index contributed by atoms with van der Waals surface area (Å²) >= 11 is 0. The molecule has 0 aromatic heterocycles. The van der Waals surface area contributed by atoms with Gasteiger partial charge in [0.1, 0.15) is 61.0 Å². The summed E-state index contributed by atoms with van der Waals surface area (Å²) in [6.07, 6.45) is -21.8. The molecule has 8 aliphatic rings. The third kappa shape index (κ3) is 7.94. The lowest BCUT2D eigenvalue weighted by atomic mass is 9.33. The van der Waals surface area contributed by atoms with Crippen LogP contribution in [0.5, 0.6) is 0 Å². The second-order valence-corrected chi connectivity index (χ2v) is 23.5. The molecule has 7 fully saturated rings. The molecular formula is C48H76O20. The second-order valence-electron chi connectivity index (χ2n) is 23.5. The minimum atomic E-state index is -2.15. The number of carboxylic acid groups (broad SMARTS) is 2. The lowest BCUT2D eigenvalue weighted by molar-refractivity contribution is -0.384. The van der Waals surface area contributed by atoms with Gasteiger partial charge in [-0.1, -0.05) is 53.2 Å². The first-order valence-electron chi connectivity index (χ1n) is 24.4. The molecule has 20 nitrogen and oxygen atoms in total. The van der Waals surface area contributed by atoms with Crippen LogP contribution in [0.15, 0.2) is 11.6 Å². The number of hydrogen-bond donors (Lipinski definition) is 12. The van der Waals surface area contributed by atoms with E-state index in [2.05, 4.69) is 40.7 Å². The van der Waals surface area contributed by atoms with Crippen molar-refractivity contribution in [2.24, 2.45) is 50.2 Å². The first-order valence-corrected chi connectivity index (χ1v) is 24.4. The fourth-order valence-corrected chi connectivity index (χ4v) is 15.2. The lowest BCUT2D eigenvalue weighted by Gasteiger charge is -2.71. The summed E-state index contributed by atoms with van der Waals surface area (Å²) in [5.41, 5.74) is -2.02. The molecule has 25 atom stereocenters. The van der Waals surface area contributed by atoms with Crippen molar-refractivity contribution in [3.8, 4) is 0 Å². The monoisotopic (exact) mass is 972 g/mol. The van der Waals surface area contributed by atoms with Gasteiger partial charge in [0.05, 0.1) is 36.9 Å². The maximum Gasteiger partial charge on any atom is 0.335 e. The van der Waals surface area contributed by atoms with Crippen molar-refractivity contribution in [1.82, 2.24) is 0 Å². The fraction of sp³-hybridized carbons (Fsp3) is 0.917. The minimum absolute atomic E-state index is 0.00253. The number of carbonyl (C=O) groups is 2. The molecule has 388 valence electrons. The molecule has 0 spiro atoms. The van der Waals surface area contributed by atoms with E-state index < -0.39 is 146 Å². The van der Waals surface area contributed by atoms with Crippen LogP contribution in [0.1, 0.15) is 106 Å². The van der Waals surface area contributed by atoms with Crippen molar-refractivity contribution in [2.75, 3.05) is 13.2 Å². The van der Waals surface area contributed by atoms with Gasteiger partial charge in [0.2, 0.25) is 0 Å². The molecule has 0 aromatic carbocycles. The van der Waals surface area contributed by atoms with Gasteiger partial charge in [-0.2, -0.15) is 0 Å². The number of ether oxygens (including phenoxy) is 6. The normalized spacial score (nSPS) is 54.6. The number of aliphatic carboxylic acids is 2. The van der Waals surface area contributed by atoms with E-state index in [1.807, 2.05) is 0 Å². The van der Waals surface area contributed by atoms with Crippen LogP contribution in [-0.2, 0) is 38.0 Å². The molecule has 3 saturated heterocycles. The van der Waals surface area contributed by atoms with Gasteiger partial charge in [0, 0.05) is 5.41 Å². The number of aliphatic hydroxyl groups excluding tert-OH is 10. The lowest BCUT2D eigenvalue weighted by Crippen LogP contribution is -2.70. The Hall–Kier alpha value is -1.96. The number of carboxylic acids is 2. The highest BCUT2D eigenvalue weighted by Crippen LogP contribution is 2.76. The molecule has 0 radical (unpaired) electrons. The van der Waals surface area contributed by atoms with Gasteiger partial charge < -0.3 is 89.7 Å². The van der Waals surface area contributed by atoms with Crippen LogP contribution in [0.4, 0.5) is 0 Å². The third-order valence-corrected chi connectivity index (χ3v) is 19.4. The Morgan fingerprint density at radius 2 is 1.28 bits per heavy atom. The minimum Gasteiger partial charge on any atom is -0.481 e. The van der Waals surface area contributed by atoms with Crippen LogP contribution in [-0.4, -0.2) is 191 Å². The van der Waals surface area contributed by atoms with Gasteiger partial charge in [-0.15, -0.1) is 0 Å². The molecule has 8 rings (SSSR count). The van der Waals surface area contributed by atoms with Crippen LogP contribution < -0.4 is 0 Å². The summed E-state index contributed by atoms with van der Waals surface area (Å²) in [4.78, 5) is 25.8. The summed E-state index contributed by atoms with van der Waals surface area (Å²) in [6.45, 7) is 13.0. The summed E-state index contributed by atoms with van der Waals surface area (Å²) in [7, 11) is 0. The predicted molar refractivity (Wildman–Crippen MR) is 233 cm³/mol. The maximum atomic E-state index is 13.1. The summed E-state index contributed by atoms with van der Waals surface area (Å²) in [5.74, 6) is -2.79. The first-order chi connectivity index (χ1) is 31.7. The molecule has 0 bridgehead atoms. The van der Waals surface area contributed by atoms with Crippen LogP contribution in [0.3, 0.4) is 0 Å². The van der Waals surface area contributed by atoms with Crippen molar-refractivity contribution in [2.45, 2.75) is 211 Å². The zero-order chi connectivity index (χ0) is 50.0. The molecule has 4 saturated carbocycles. The summed E-state index contributed by atoms with van der Waals surface area (Å²) in [6, 6.07) is 0. The number of hydrogen-bond acceptors (Lipinski definition) is 18. The summed E-state index contributed by atoms with van der Waals surface area (Å²) in [5, 5.41) is 132. The molecule has 0 amide bonds. The highest BCUT2D eigenvalue weighted by Gasteiger charge is 2.71. The van der Waals surface area contributed by atoms with Crippen LogP contribution in [0, 0.1) is 50.2 Å². The molecule has 25 unspecified atom stereocenters. The topological polar surface area (TPSA) is 332 Å². The average Bonchev–Trinajstić information content (AvgIpc) is 3.27. The SMILES string of the molecule is CC1OC(OC2C(O)C(CO)OC(OC3C(O)C(OC4C(O)CC5(C)C(CCC6(C)C5CC=C5C7CC(C)(C)CCC7(C(=O)O)CCC56C)C4(C)CO)OC(C(=O)O)C3O)C2O)C(O)C(O)C1O. The largest absolute Gasteiger partial charge is 0.481 e. The Bertz CT molecular complexity index is 1920. The maximum absolute atomic E-state index is 13.1. The molecule has 12 N–H and O–H groups in total. The first kappa shape index (κ1) is 52.4. The highest BCUT2D eigenvalue weighted by molar-refractivity contribution is 5.76. The van der Waals surface area contributed by atoms with Crippen LogP contribution in [0.25, 0.3) is 0 Å². The molecule has 68 heavy (non-hydrogen) atoms. The molecule has 20 heteroatoms. The van der Waals surface area contributed by atoms with E-state index in [9.17, 15) is 70.9 Å². The van der Waals surface area contributed by atoms with Crippen molar-refractivity contribution >= 4 is 11.9 Å². The van der Waals surface area contributed by atoms with E-state index >= 15 is 0 Å². The standard InChI is InChI=1S/C48H76O20/c1-20-27(52)29(54)30(55)39(63-20)65-34-28(53)24(18-49)64-40(32(34)57)66-35-31(56)36(38(59)60)67-41(33(35)58)68-37-23(51)17-44(4)25(45(37,5)19-50)10-11-47(7)26(44)9-8-21-22-16-43(2,3)12-14-48(22,42(61)62)15-13-46(21,47)6/h8,20,22-37,39-41,49-58H,9-19H2,1-7H3,(H,59,60)(H,61,62). The van der Waals surface area contributed by atoms with Crippen molar-refractivity contribution in [3.63, 3.8) is 0 Å².